The van der Waals surface area contributed by atoms with Gasteiger partial charge in [0.15, 0.2) is 0 Å². The molecular weight excluding hydrogens is 276 g/mol. The Morgan fingerprint density at radius 3 is 2.75 bits per heavy atom. The van der Waals surface area contributed by atoms with Gasteiger partial charge in [-0.15, -0.1) is 0 Å². The summed E-state index contributed by atoms with van der Waals surface area (Å²) in [6.07, 6.45) is 0.693. The molecule has 0 saturated heterocycles. The maximum atomic E-state index is 12.0. The van der Waals surface area contributed by atoms with Crippen LogP contribution in [0.15, 0.2) is 24.3 Å². The van der Waals surface area contributed by atoms with Gasteiger partial charge in [-0.05, 0) is 30.5 Å². The highest BCUT2D eigenvalue weighted by molar-refractivity contribution is 6.30. The van der Waals surface area contributed by atoms with E-state index in [9.17, 15) is 4.79 Å². The number of rotatable bonds is 7. The van der Waals surface area contributed by atoms with E-state index in [1.807, 2.05) is 12.1 Å². The molecule has 0 heterocycles. The Morgan fingerprint density at radius 2 is 2.15 bits per heavy atom. The quantitative estimate of drug-likeness (QED) is 0.841. The first kappa shape index (κ1) is 16.8. The van der Waals surface area contributed by atoms with Crippen molar-refractivity contribution in [2.45, 2.75) is 26.3 Å². The van der Waals surface area contributed by atoms with Gasteiger partial charge in [-0.25, -0.2) is 0 Å². The predicted octanol–water partition coefficient (Wildman–Crippen LogP) is 2.55. The van der Waals surface area contributed by atoms with Crippen molar-refractivity contribution >= 4 is 17.5 Å². The first-order valence-electron chi connectivity index (χ1n) is 6.79. The molecule has 0 aliphatic rings. The molecule has 0 radical (unpaired) electrons. The van der Waals surface area contributed by atoms with Crippen LogP contribution in [0, 0.1) is 5.92 Å². The molecule has 112 valence electrons. The summed E-state index contributed by atoms with van der Waals surface area (Å²) >= 11 is 5.87. The largest absolute Gasteiger partial charge is 0.492 e. The van der Waals surface area contributed by atoms with Crippen LogP contribution in [-0.4, -0.2) is 37.0 Å². The average Bonchev–Trinajstić information content (AvgIpc) is 2.37. The number of amides is 1. The van der Waals surface area contributed by atoms with Crippen LogP contribution in [0.5, 0.6) is 5.75 Å². The molecule has 0 saturated carbocycles. The van der Waals surface area contributed by atoms with E-state index in [1.165, 1.54) is 0 Å². The standard InChI is InChI=1S/C15H23ClN2O2/c1-11(2)9-14(17)15(19)18(3)7-8-20-13-6-4-5-12(16)10-13/h4-6,10-11,14H,7-9,17H2,1-3H3/t14-/m0/s1. The smallest absolute Gasteiger partial charge is 0.239 e. The second-order valence-corrected chi connectivity index (χ2v) is 5.74. The third kappa shape index (κ3) is 5.80. The molecule has 1 aromatic rings. The summed E-state index contributed by atoms with van der Waals surface area (Å²) in [5, 5.41) is 0.630. The fourth-order valence-electron chi connectivity index (χ4n) is 1.86. The molecule has 1 amide bonds. The molecule has 0 bridgehead atoms. The molecular formula is C15H23ClN2O2. The van der Waals surface area contributed by atoms with Crippen molar-refractivity contribution in [3.63, 3.8) is 0 Å². The van der Waals surface area contributed by atoms with Crippen molar-refractivity contribution in [1.82, 2.24) is 4.90 Å². The monoisotopic (exact) mass is 298 g/mol. The molecule has 20 heavy (non-hydrogen) atoms. The Morgan fingerprint density at radius 1 is 1.45 bits per heavy atom. The lowest BCUT2D eigenvalue weighted by Crippen LogP contribution is -2.43. The van der Waals surface area contributed by atoms with Gasteiger partial charge in [0.1, 0.15) is 12.4 Å². The number of nitrogens with zero attached hydrogens (tertiary/aromatic N) is 1. The van der Waals surface area contributed by atoms with Gasteiger partial charge >= 0.3 is 0 Å². The molecule has 1 rings (SSSR count). The number of halogens is 1. The zero-order chi connectivity index (χ0) is 15.1. The van der Waals surface area contributed by atoms with Gasteiger partial charge in [0.25, 0.3) is 0 Å². The lowest BCUT2D eigenvalue weighted by Gasteiger charge is -2.22. The first-order valence-corrected chi connectivity index (χ1v) is 7.17. The molecule has 0 aliphatic carbocycles. The van der Waals surface area contributed by atoms with Gasteiger partial charge in [0, 0.05) is 12.1 Å². The molecule has 1 aromatic carbocycles. The van der Waals surface area contributed by atoms with E-state index in [4.69, 9.17) is 22.1 Å². The van der Waals surface area contributed by atoms with Crippen molar-refractivity contribution in [3.05, 3.63) is 29.3 Å². The fraction of sp³-hybridized carbons (Fsp3) is 0.533. The van der Waals surface area contributed by atoms with Gasteiger partial charge in [-0.2, -0.15) is 0 Å². The highest BCUT2D eigenvalue weighted by Crippen LogP contribution is 2.16. The summed E-state index contributed by atoms with van der Waals surface area (Å²) in [6, 6.07) is 6.75. The number of hydrogen-bond donors (Lipinski definition) is 1. The zero-order valence-electron chi connectivity index (χ0n) is 12.3. The maximum absolute atomic E-state index is 12.0. The summed E-state index contributed by atoms with van der Waals surface area (Å²) in [4.78, 5) is 13.6. The fourth-order valence-corrected chi connectivity index (χ4v) is 2.04. The van der Waals surface area contributed by atoms with Crippen LogP contribution in [0.3, 0.4) is 0 Å². The second kappa shape index (κ2) is 8.12. The Balaban J connectivity index is 2.35. The van der Waals surface area contributed by atoms with E-state index < -0.39 is 6.04 Å². The molecule has 0 spiro atoms. The summed E-state index contributed by atoms with van der Waals surface area (Å²) in [6.45, 7) is 5.01. The maximum Gasteiger partial charge on any atom is 0.239 e. The SMILES string of the molecule is CC(C)C[C@H](N)C(=O)N(C)CCOc1cccc(Cl)c1. The van der Waals surface area contributed by atoms with E-state index >= 15 is 0 Å². The average molecular weight is 299 g/mol. The molecule has 0 aliphatic heterocycles. The Kier molecular flexibility index (Phi) is 6.82. The van der Waals surface area contributed by atoms with Gasteiger partial charge in [-0.3, -0.25) is 4.79 Å². The number of carbonyl (C=O) groups excluding carboxylic acids is 1. The second-order valence-electron chi connectivity index (χ2n) is 5.30. The molecule has 0 unspecified atom stereocenters. The third-order valence-corrected chi connectivity index (χ3v) is 3.15. The van der Waals surface area contributed by atoms with E-state index in [0.29, 0.717) is 36.3 Å². The Hall–Kier alpha value is -1.26. The molecule has 5 heteroatoms. The third-order valence-electron chi connectivity index (χ3n) is 2.91. The minimum absolute atomic E-state index is 0.0478. The van der Waals surface area contributed by atoms with Crippen molar-refractivity contribution in [2.75, 3.05) is 20.2 Å². The van der Waals surface area contributed by atoms with E-state index in [0.717, 1.165) is 0 Å². The number of hydrogen-bond acceptors (Lipinski definition) is 3. The van der Waals surface area contributed by atoms with Crippen LogP contribution < -0.4 is 10.5 Å². The number of benzene rings is 1. The van der Waals surface area contributed by atoms with Crippen LogP contribution >= 0.6 is 11.6 Å². The van der Waals surface area contributed by atoms with Crippen molar-refractivity contribution in [3.8, 4) is 5.75 Å². The zero-order valence-corrected chi connectivity index (χ0v) is 13.1. The number of ether oxygens (including phenoxy) is 1. The number of likely N-dealkylation sites (N-methyl/N-ethyl adjacent to an activating group) is 1. The van der Waals surface area contributed by atoms with Crippen molar-refractivity contribution in [2.24, 2.45) is 11.7 Å². The van der Waals surface area contributed by atoms with E-state index in [-0.39, 0.29) is 5.91 Å². The number of carbonyl (C=O) groups is 1. The van der Waals surface area contributed by atoms with Crippen molar-refractivity contribution in [1.29, 1.82) is 0 Å². The lowest BCUT2D eigenvalue weighted by atomic mass is 10.0. The Labute approximate surface area is 125 Å². The molecule has 1 atom stereocenters. The lowest BCUT2D eigenvalue weighted by molar-refractivity contribution is -0.131. The summed E-state index contributed by atoms with van der Waals surface area (Å²) in [5.74, 6) is 1.06. The van der Waals surface area contributed by atoms with Crippen LogP contribution in [0.25, 0.3) is 0 Å². The summed E-state index contributed by atoms with van der Waals surface area (Å²) in [5.41, 5.74) is 5.87. The van der Waals surface area contributed by atoms with Crippen LogP contribution in [-0.2, 0) is 4.79 Å². The van der Waals surface area contributed by atoms with E-state index in [1.54, 1.807) is 24.1 Å². The van der Waals surface area contributed by atoms with Crippen molar-refractivity contribution < 1.29 is 9.53 Å². The molecule has 0 aromatic heterocycles. The minimum Gasteiger partial charge on any atom is -0.492 e. The Bertz CT molecular complexity index is 438. The molecule has 0 fully saturated rings. The summed E-state index contributed by atoms with van der Waals surface area (Å²) < 4.78 is 5.55. The van der Waals surface area contributed by atoms with Gasteiger partial charge in [-0.1, -0.05) is 31.5 Å². The van der Waals surface area contributed by atoms with Crippen LogP contribution in [0.1, 0.15) is 20.3 Å². The van der Waals surface area contributed by atoms with Gasteiger partial charge in [0.05, 0.1) is 12.6 Å². The van der Waals surface area contributed by atoms with Gasteiger partial charge < -0.3 is 15.4 Å². The topological polar surface area (TPSA) is 55.6 Å². The normalized spacial score (nSPS) is 12.3. The predicted molar refractivity (Wildman–Crippen MR) is 82.0 cm³/mol. The highest BCUT2D eigenvalue weighted by Gasteiger charge is 2.18. The molecule has 2 N–H and O–H groups in total. The highest BCUT2D eigenvalue weighted by atomic mass is 35.5. The minimum atomic E-state index is -0.439. The first-order chi connectivity index (χ1) is 9.40. The van der Waals surface area contributed by atoms with Gasteiger partial charge in [0.2, 0.25) is 5.91 Å². The number of nitrogens with two attached hydrogens (primary N) is 1. The van der Waals surface area contributed by atoms with Crippen LogP contribution in [0.4, 0.5) is 0 Å². The summed E-state index contributed by atoms with van der Waals surface area (Å²) in [7, 11) is 1.74. The van der Waals surface area contributed by atoms with E-state index in [2.05, 4.69) is 13.8 Å². The van der Waals surface area contributed by atoms with Crippen LogP contribution in [0.2, 0.25) is 5.02 Å². The molecule has 4 nitrogen and oxygen atoms in total.